The van der Waals surface area contributed by atoms with E-state index in [1.807, 2.05) is 42.5 Å². The summed E-state index contributed by atoms with van der Waals surface area (Å²) in [7, 11) is -0.188. The average Bonchev–Trinajstić information content (AvgIpc) is 2.51. The highest BCUT2D eigenvalue weighted by Gasteiger charge is 2.41. The minimum atomic E-state index is -3.11. The van der Waals surface area contributed by atoms with Gasteiger partial charge in [-0.2, -0.15) is 0 Å². The molecule has 0 amide bonds. The minimum Gasteiger partial charge on any atom is -0.377 e. The van der Waals surface area contributed by atoms with Gasteiger partial charge in [0.25, 0.3) is 6.73 Å². The van der Waals surface area contributed by atoms with Crippen molar-refractivity contribution in [3.05, 3.63) is 58.1 Å². The molecule has 0 atom stereocenters. The molecule has 0 aromatic heterocycles. The summed E-state index contributed by atoms with van der Waals surface area (Å²) in [5.41, 5.74) is 0.992. The highest BCUT2D eigenvalue weighted by Crippen LogP contribution is 2.23. The lowest BCUT2D eigenvalue weighted by Crippen LogP contribution is -2.47. The maximum absolute atomic E-state index is 10.5. The van der Waals surface area contributed by atoms with Crippen LogP contribution in [0, 0.1) is 10.1 Å². The molecule has 0 radical (unpaired) electrons. The molecule has 2 aromatic carbocycles. The Morgan fingerprint density at radius 2 is 1.76 bits per heavy atom. The number of hydrogen-bond donors (Lipinski definition) is 0. The topological polar surface area (TPSA) is 70.8 Å². The van der Waals surface area contributed by atoms with Crippen molar-refractivity contribution in [3.8, 4) is 0 Å². The average molecular weight is 307 g/mol. The van der Waals surface area contributed by atoms with Gasteiger partial charge in [0.15, 0.2) is 0 Å². The van der Waals surface area contributed by atoms with Gasteiger partial charge < -0.3 is 13.3 Å². The van der Waals surface area contributed by atoms with E-state index in [9.17, 15) is 10.1 Å². The number of rotatable bonds is 7. The van der Waals surface area contributed by atoms with Crippen LogP contribution in [0.4, 0.5) is 0 Å². The van der Waals surface area contributed by atoms with Crippen LogP contribution in [-0.2, 0) is 19.3 Å². The Labute approximate surface area is 123 Å². The molecule has 0 spiro atoms. The molecule has 0 saturated heterocycles. The Morgan fingerprint density at radius 3 is 2.43 bits per heavy atom. The van der Waals surface area contributed by atoms with Gasteiger partial charge in [-0.15, -0.1) is 0 Å². The van der Waals surface area contributed by atoms with E-state index in [0.717, 1.165) is 16.3 Å². The molecule has 112 valence electrons. The Morgan fingerprint density at radius 1 is 1.10 bits per heavy atom. The first kappa shape index (κ1) is 15.6. The maximum atomic E-state index is 10.5. The number of fused-ring (bicyclic) bond motifs is 1. The van der Waals surface area contributed by atoms with Crippen molar-refractivity contribution in [2.24, 2.45) is 0 Å². The van der Waals surface area contributed by atoms with Gasteiger partial charge in [-0.05, 0) is 16.3 Å². The summed E-state index contributed by atoms with van der Waals surface area (Å²) in [6, 6.07) is 14.2. The third-order valence-electron chi connectivity index (χ3n) is 3.30. The van der Waals surface area contributed by atoms with E-state index >= 15 is 0 Å². The Kier molecular flexibility index (Phi) is 5.02. The zero-order valence-electron chi connectivity index (χ0n) is 11.9. The SMILES string of the molecule is CO[Si](Cc1cccc2ccccc12)(OC)OC[N+](=O)[O-]. The van der Waals surface area contributed by atoms with Crippen LogP contribution in [0.3, 0.4) is 0 Å². The highest BCUT2D eigenvalue weighted by atomic mass is 28.4. The molecule has 0 heterocycles. The van der Waals surface area contributed by atoms with Crippen LogP contribution >= 0.6 is 0 Å². The van der Waals surface area contributed by atoms with Crippen LogP contribution < -0.4 is 0 Å². The van der Waals surface area contributed by atoms with Gasteiger partial charge >= 0.3 is 8.80 Å². The summed E-state index contributed by atoms with van der Waals surface area (Å²) in [5.74, 6) is 0. The summed E-state index contributed by atoms with van der Waals surface area (Å²) in [5, 5.41) is 12.7. The summed E-state index contributed by atoms with van der Waals surface area (Å²) >= 11 is 0. The molecule has 0 bridgehead atoms. The molecule has 0 aliphatic heterocycles. The lowest BCUT2D eigenvalue weighted by molar-refractivity contribution is -0.518. The minimum absolute atomic E-state index is 0.384. The van der Waals surface area contributed by atoms with Gasteiger partial charge in [-0.25, -0.2) is 0 Å². The van der Waals surface area contributed by atoms with Crippen molar-refractivity contribution in [2.45, 2.75) is 6.04 Å². The molecule has 7 heteroatoms. The number of benzene rings is 2. The van der Waals surface area contributed by atoms with Gasteiger partial charge in [0.2, 0.25) is 0 Å². The van der Waals surface area contributed by atoms with Crippen LogP contribution in [-0.4, -0.2) is 34.7 Å². The third-order valence-corrected chi connectivity index (χ3v) is 5.93. The quantitative estimate of drug-likeness (QED) is 0.340. The zero-order valence-corrected chi connectivity index (χ0v) is 12.9. The highest BCUT2D eigenvalue weighted by molar-refractivity contribution is 6.60. The van der Waals surface area contributed by atoms with Crippen LogP contribution in [0.15, 0.2) is 42.5 Å². The molecule has 0 saturated carbocycles. The van der Waals surface area contributed by atoms with Crippen LogP contribution in [0.25, 0.3) is 10.8 Å². The van der Waals surface area contributed by atoms with Gasteiger partial charge in [-0.1, -0.05) is 42.5 Å². The molecule has 2 rings (SSSR count). The normalized spacial score (nSPS) is 11.7. The lowest BCUT2D eigenvalue weighted by atomic mass is 10.1. The Bertz CT molecular complexity index is 624. The summed E-state index contributed by atoms with van der Waals surface area (Å²) in [4.78, 5) is 10.00. The van der Waals surface area contributed by atoms with E-state index in [1.165, 1.54) is 14.2 Å². The van der Waals surface area contributed by atoms with E-state index in [2.05, 4.69) is 0 Å². The smallest absolute Gasteiger partial charge is 0.377 e. The predicted octanol–water partition coefficient (Wildman–Crippen LogP) is 2.40. The molecule has 6 nitrogen and oxygen atoms in total. The second-order valence-corrected chi connectivity index (χ2v) is 7.34. The summed E-state index contributed by atoms with van der Waals surface area (Å²) in [6.07, 6.45) is 0. The molecule has 0 aliphatic rings. The standard InChI is InChI=1S/C14H17NO5Si/c1-18-21(19-2,20-11-15(16)17)10-13-8-5-7-12-6-3-4-9-14(12)13/h3-9H,10-11H2,1-2H3. The summed E-state index contributed by atoms with van der Waals surface area (Å²) < 4.78 is 16.1. The van der Waals surface area contributed by atoms with Crippen molar-refractivity contribution in [3.63, 3.8) is 0 Å². The molecule has 21 heavy (non-hydrogen) atoms. The molecule has 0 unspecified atom stereocenters. The van der Waals surface area contributed by atoms with Crippen LogP contribution in [0.1, 0.15) is 5.56 Å². The third kappa shape index (κ3) is 3.64. The number of nitro groups is 1. The summed E-state index contributed by atoms with van der Waals surface area (Å²) in [6.45, 7) is -0.626. The first-order valence-corrected chi connectivity index (χ1v) is 8.36. The molecular weight excluding hydrogens is 290 g/mol. The lowest BCUT2D eigenvalue weighted by Gasteiger charge is -2.25. The fraction of sp³-hybridized carbons (Fsp3) is 0.286. The largest absolute Gasteiger partial charge is 0.509 e. The fourth-order valence-electron chi connectivity index (χ4n) is 2.23. The van der Waals surface area contributed by atoms with Gasteiger partial charge in [0, 0.05) is 25.2 Å². The van der Waals surface area contributed by atoms with Gasteiger partial charge in [0.05, 0.1) is 0 Å². The zero-order chi connectivity index (χ0) is 15.3. The van der Waals surface area contributed by atoms with Gasteiger partial charge in [-0.3, -0.25) is 10.1 Å². The first-order chi connectivity index (χ1) is 10.1. The molecule has 0 N–H and O–H groups in total. The van der Waals surface area contributed by atoms with Crippen molar-refractivity contribution < 1.29 is 18.2 Å². The van der Waals surface area contributed by atoms with E-state index in [-0.39, 0.29) is 0 Å². The molecule has 0 fully saturated rings. The van der Waals surface area contributed by atoms with Crippen molar-refractivity contribution >= 4 is 19.6 Å². The van der Waals surface area contributed by atoms with E-state index in [4.69, 9.17) is 13.3 Å². The molecular formula is C14H17NO5Si. The van der Waals surface area contributed by atoms with E-state index in [0.29, 0.717) is 6.04 Å². The first-order valence-electron chi connectivity index (χ1n) is 6.43. The maximum Gasteiger partial charge on any atom is 0.509 e. The van der Waals surface area contributed by atoms with E-state index in [1.54, 1.807) is 0 Å². The van der Waals surface area contributed by atoms with Crippen molar-refractivity contribution in [1.82, 2.24) is 0 Å². The Balaban J connectivity index is 2.32. The number of hydrogen-bond acceptors (Lipinski definition) is 5. The second kappa shape index (κ2) is 6.77. The van der Waals surface area contributed by atoms with Crippen LogP contribution in [0.5, 0.6) is 0 Å². The van der Waals surface area contributed by atoms with E-state index < -0.39 is 20.5 Å². The second-order valence-electron chi connectivity index (χ2n) is 4.51. The van der Waals surface area contributed by atoms with Crippen molar-refractivity contribution in [2.75, 3.05) is 21.0 Å². The van der Waals surface area contributed by atoms with Gasteiger partial charge in [0.1, 0.15) is 0 Å². The van der Waals surface area contributed by atoms with Crippen LogP contribution in [0.2, 0.25) is 0 Å². The Hall–Kier alpha value is -1.80. The monoisotopic (exact) mass is 307 g/mol. The molecule has 0 aliphatic carbocycles. The fourth-order valence-corrected chi connectivity index (χ4v) is 4.10. The number of nitrogens with zero attached hydrogens (tertiary/aromatic N) is 1. The molecule has 2 aromatic rings. The predicted molar refractivity (Wildman–Crippen MR) is 80.4 cm³/mol. The van der Waals surface area contributed by atoms with Crippen molar-refractivity contribution in [1.29, 1.82) is 0 Å².